The Bertz CT molecular complexity index is 383. The average molecular weight is 348 g/mol. The fourth-order valence-electron chi connectivity index (χ4n) is 0.871. The molecular weight excluding hydrogens is 336 g/mol. The summed E-state index contributed by atoms with van der Waals surface area (Å²) in [4.78, 5) is 0. The van der Waals surface area contributed by atoms with Crippen LogP contribution in [0.4, 0.5) is 0 Å². The fraction of sp³-hybridized carbons (Fsp3) is 0.500. The van der Waals surface area contributed by atoms with E-state index in [0.29, 0.717) is 0 Å². The minimum Gasteiger partial charge on any atom is -0.857 e. The third-order valence-electron chi connectivity index (χ3n) is 1.80. The third-order valence-corrected chi connectivity index (χ3v) is 1.80. The molecule has 4 N–H and O–H groups in total. The van der Waals surface area contributed by atoms with Crippen LogP contribution in [0.5, 0.6) is 0 Å². The van der Waals surface area contributed by atoms with Gasteiger partial charge in [0.05, 0.1) is 0 Å². The Morgan fingerprint density at radius 3 is 1.00 bits per heavy atom. The number of hydrazone groups is 4. The van der Waals surface area contributed by atoms with E-state index in [0.717, 1.165) is 0 Å². The van der Waals surface area contributed by atoms with Crippen LogP contribution in [0.3, 0.4) is 0 Å². The van der Waals surface area contributed by atoms with Gasteiger partial charge in [-0.15, -0.1) is 0 Å². The van der Waals surface area contributed by atoms with Crippen LogP contribution in [0.1, 0.15) is 13.8 Å². The molecule has 13 heteroatoms. The van der Waals surface area contributed by atoms with Crippen molar-refractivity contribution in [1.29, 1.82) is 0 Å². The van der Waals surface area contributed by atoms with Crippen molar-refractivity contribution in [3.8, 4) is 0 Å². The van der Waals surface area contributed by atoms with Gasteiger partial charge in [0.2, 0.25) is 0 Å². The molecule has 0 saturated carbocycles. The van der Waals surface area contributed by atoms with E-state index >= 15 is 0 Å². The first-order valence-electron chi connectivity index (χ1n) is 5.41. The fourth-order valence-corrected chi connectivity index (χ4v) is 0.871. The van der Waals surface area contributed by atoms with E-state index in [1.54, 1.807) is 0 Å². The number of nitrogens with one attached hydrogen (secondary N) is 4. The molecule has 1 radical (unpaired) electrons. The Morgan fingerprint density at radius 2 is 0.810 bits per heavy atom. The second-order valence-corrected chi connectivity index (χ2v) is 3.63. The van der Waals surface area contributed by atoms with Crippen LogP contribution >= 0.6 is 0 Å². The van der Waals surface area contributed by atoms with Crippen LogP contribution in [-0.4, -0.2) is 35.9 Å². The van der Waals surface area contributed by atoms with Crippen molar-refractivity contribution in [2.24, 2.45) is 20.4 Å². The summed E-state index contributed by atoms with van der Waals surface area (Å²) in [6.45, 7) is 2.89. The molecule has 0 bridgehead atoms. The van der Waals surface area contributed by atoms with Gasteiger partial charge in [-0.05, 0) is 13.8 Å². The van der Waals surface area contributed by atoms with Gasteiger partial charge >= 0.3 is 0 Å². The molecule has 21 heavy (non-hydrogen) atoms. The van der Waals surface area contributed by atoms with Gasteiger partial charge in [0.15, 0.2) is 0 Å². The van der Waals surface area contributed by atoms with E-state index in [9.17, 15) is 20.4 Å². The molecule has 0 atom stereocenters. The van der Waals surface area contributed by atoms with Gasteiger partial charge in [-0.1, -0.05) is 0 Å². The topological polar surface area (TPSA) is 190 Å². The van der Waals surface area contributed by atoms with Crippen molar-refractivity contribution in [2.75, 3.05) is 0 Å². The quantitative estimate of drug-likeness (QED) is 0.311. The predicted octanol–water partition coefficient (Wildman–Crippen LogP) is -6.26. The van der Waals surface area contributed by atoms with Crippen molar-refractivity contribution >= 4 is 23.6 Å². The minimum absolute atomic E-state index is 0. The van der Waals surface area contributed by atoms with Crippen LogP contribution < -0.4 is 42.1 Å². The Hall–Kier alpha value is -2.40. The molecule has 123 valence electrons. The maximum atomic E-state index is 11.2. The Balaban J connectivity index is 0.00000400. The SMILES string of the molecule is CC1N/N=C([O-])/C([O-])=N/NC(C)N/N=C([O-])/C([O-])=N/N1.[Cu]. The van der Waals surface area contributed by atoms with Crippen LogP contribution in [0.25, 0.3) is 0 Å². The zero-order chi connectivity index (χ0) is 15.1. The van der Waals surface area contributed by atoms with Crippen molar-refractivity contribution in [1.82, 2.24) is 21.7 Å². The molecule has 12 nitrogen and oxygen atoms in total. The van der Waals surface area contributed by atoms with E-state index in [2.05, 4.69) is 42.1 Å². The van der Waals surface area contributed by atoms with E-state index in [1.807, 2.05) is 0 Å². The third kappa shape index (κ3) is 6.54. The smallest absolute Gasteiger partial charge is 0.125 e. The first-order valence-corrected chi connectivity index (χ1v) is 5.41. The molecule has 0 aliphatic carbocycles. The first-order chi connectivity index (χ1) is 9.40. The average Bonchev–Trinajstić information content (AvgIpc) is 2.43. The molecule has 0 aromatic rings. The van der Waals surface area contributed by atoms with E-state index in [-0.39, 0.29) is 17.1 Å². The molecule has 0 fully saturated rings. The minimum atomic E-state index is -1.14. The summed E-state index contributed by atoms with van der Waals surface area (Å²) >= 11 is 0. The summed E-state index contributed by atoms with van der Waals surface area (Å²) < 4.78 is 0. The molecule has 0 unspecified atom stereocenters. The normalized spacial score (nSPS) is 33.8. The predicted molar refractivity (Wildman–Crippen MR) is 61.2 cm³/mol. The molecule has 0 aromatic heterocycles. The summed E-state index contributed by atoms with van der Waals surface area (Å²) in [5.74, 6) is -4.57. The molecule has 0 saturated heterocycles. The molecule has 1 aliphatic rings. The molecule has 1 aliphatic heterocycles. The van der Waals surface area contributed by atoms with Gasteiger partial charge in [-0.2, -0.15) is 20.4 Å². The number of rotatable bonds is 0. The summed E-state index contributed by atoms with van der Waals surface area (Å²) in [6.07, 6.45) is -1.54. The largest absolute Gasteiger partial charge is 0.857 e. The van der Waals surface area contributed by atoms with Crippen molar-refractivity contribution < 1.29 is 37.5 Å². The molecule has 1 rings (SSSR count). The number of hydrogen-bond donors (Lipinski definition) is 4. The summed E-state index contributed by atoms with van der Waals surface area (Å²) in [5.41, 5.74) is 8.86. The zero-order valence-electron chi connectivity index (χ0n) is 10.9. The van der Waals surface area contributed by atoms with Crippen LogP contribution in [0.15, 0.2) is 20.4 Å². The molecule has 0 spiro atoms. The van der Waals surface area contributed by atoms with Crippen molar-refractivity contribution in [3.63, 3.8) is 0 Å². The Morgan fingerprint density at radius 1 is 0.619 bits per heavy atom. The summed E-state index contributed by atoms with van der Waals surface area (Å²) in [7, 11) is 0. The van der Waals surface area contributed by atoms with Gasteiger partial charge in [-0.25, -0.2) is 0 Å². The maximum absolute atomic E-state index is 11.2. The Kier molecular flexibility index (Phi) is 7.71. The second kappa shape index (κ2) is 8.71. The van der Waals surface area contributed by atoms with E-state index in [1.165, 1.54) is 13.8 Å². The van der Waals surface area contributed by atoms with Crippen molar-refractivity contribution in [2.45, 2.75) is 26.2 Å². The van der Waals surface area contributed by atoms with Crippen LogP contribution in [-0.2, 0) is 17.1 Å². The first kappa shape index (κ1) is 18.6. The molecule has 0 amide bonds. The summed E-state index contributed by atoms with van der Waals surface area (Å²) in [5, 5.41) is 57.7. The van der Waals surface area contributed by atoms with E-state index in [4.69, 9.17) is 0 Å². The van der Waals surface area contributed by atoms with Gasteiger partial charge in [0, 0.05) is 40.7 Å². The van der Waals surface area contributed by atoms with Crippen LogP contribution in [0, 0.1) is 0 Å². The summed E-state index contributed by atoms with van der Waals surface area (Å²) in [6, 6.07) is 0. The van der Waals surface area contributed by atoms with Gasteiger partial charge in [-0.3, -0.25) is 21.7 Å². The number of hydrogen-bond acceptors (Lipinski definition) is 12. The standard InChI is InChI=1S/C8H16N8O4.Cu/c1-3-9-13-5(17)7(19)15-11-4(2)12-16-8(20)6(18)14-10-3;/h3-4,9-12H,1-2H3,(H,13,17)(H,14,18)(H,15,19)(H,16,20);/p-4. The molecule has 1 heterocycles. The second-order valence-electron chi connectivity index (χ2n) is 3.63. The molecular formula is C8H12CuN8O4-4. The zero-order valence-corrected chi connectivity index (χ0v) is 11.8. The van der Waals surface area contributed by atoms with Gasteiger partial charge in [0.25, 0.3) is 0 Å². The maximum Gasteiger partial charge on any atom is 0.125 e. The van der Waals surface area contributed by atoms with Crippen LogP contribution in [0.2, 0.25) is 0 Å². The monoisotopic (exact) mass is 347 g/mol. The number of nitrogens with zero attached hydrogens (tertiary/aromatic N) is 4. The Labute approximate surface area is 130 Å². The molecule has 0 aromatic carbocycles. The van der Waals surface area contributed by atoms with Crippen molar-refractivity contribution in [3.05, 3.63) is 0 Å². The van der Waals surface area contributed by atoms with E-state index < -0.39 is 35.9 Å². The van der Waals surface area contributed by atoms with Gasteiger partial charge < -0.3 is 20.4 Å². The van der Waals surface area contributed by atoms with Gasteiger partial charge in [0.1, 0.15) is 12.3 Å².